The summed E-state index contributed by atoms with van der Waals surface area (Å²) < 4.78 is 25.7. The van der Waals surface area contributed by atoms with Gasteiger partial charge >= 0.3 is 0 Å². The number of nitriles is 1. The minimum Gasteiger partial charge on any atom is -0.273 e. The molecule has 1 N–H and O–H groups in total. The van der Waals surface area contributed by atoms with E-state index in [4.69, 9.17) is 5.26 Å². The molecule has 18 heavy (non-hydrogen) atoms. The Kier molecular flexibility index (Phi) is 4.76. The van der Waals surface area contributed by atoms with Crippen molar-refractivity contribution in [2.75, 3.05) is 6.26 Å². The lowest BCUT2D eigenvalue weighted by Crippen LogP contribution is -2.35. The van der Waals surface area contributed by atoms with Gasteiger partial charge in [0.05, 0.1) is 21.8 Å². The minimum absolute atomic E-state index is 0.0943. The molecule has 0 saturated carbocycles. The van der Waals surface area contributed by atoms with E-state index in [1.807, 2.05) is 10.8 Å². The Balaban J connectivity index is 3.00. The van der Waals surface area contributed by atoms with Gasteiger partial charge in [0.25, 0.3) is 10.0 Å². The van der Waals surface area contributed by atoms with Gasteiger partial charge in [0, 0.05) is 0 Å². The first kappa shape index (κ1) is 14.5. The summed E-state index contributed by atoms with van der Waals surface area (Å²) in [5.41, 5.74) is 0.225. The molecule has 0 saturated heterocycles. The molecule has 1 atom stereocenters. The largest absolute Gasteiger partial charge is 0.273 e. The number of carbonyl (C=O) groups excluding carboxylic acids is 1. The van der Waals surface area contributed by atoms with Crippen LogP contribution in [-0.2, 0) is 14.8 Å². The average Bonchev–Trinajstić information content (AvgIpc) is 2.37. The molecule has 1 unspecified atom stereocenters. The number of sulfonamides is 1. The summed E-state index contributed by atoms with van der Waals surface area (Å²) in [6.45, 7) is 1.61. The fraction of sp³-hybridized carbons (Fsp3) is 0.273. The van der Waals surface area contributed by atoms with Gasteiger partial charge in [0.15, 0.2) is 0 Å². The van der Waals surface area contributed by atoms with Gasteiger partial charge in [-0.15, -0.1) is 0 Å². The Morgan fingerprint density at radius 3 is 2.72 bits per heavy atom. The SMILES string of the molecule is CSC(C)C(=O)NS(=O)(=O)c1cccc(C#N)c1. The second kappa shape index (κ2) is 5.89. The molecule has 0 fully saturated rings. The molecule has 0 heterocycles. The van der Waals surface area contributed by atoms with E-state index in [9.17, 15) is 13.2 Å². The highest BCUT2D eigenvalue weighted by Crippen LogP contribution is 2.12. The number of thioether (sulfide) groups is 1. The number of benzene rings is 1. The maximum Gasteiger partial charge on any atom is 0.264 e. The van der Waals surface area contributed by atoms with Crippen molar-refractivity contribution in [1.29, 1.82) is 5.26 Å². The number of hydrogen-bond donors (Lipinski definition) is 1. The van der Waals surface area contributed by atoms with E-state index >= 15 is 0 Å². The summed E-state index contributed by atoms with van der Waals surface area (Å²) >= 11 is 1.25. The molecule has 0 radical (unpaired) electrons. The number of rotatable bonds is 4. The summed E-state index contributed by atoms with van der Waals surface area (Å²) in [6, 6.07) is 7.35. The zero-order valence-electron chi connectivity index (χ0n) is 9.88. The molecule has 7 heteroatoms. The van der Waals surface area contributed by atoms with Crippen molar-refractivity contribution < 1.29 is 13.2 Å². The highest BCUT2D eigenvalue weighted by atomic mass is 32.2. The van der Waals surface area contributed by atoms with E-state index in [2.05, 4.69) is 0 Å². The fourth-order valence-corrected chi connectivity index (χ4v) is 2.56. The normalized spacial score (nSPS) is 12.5. The van der Waals surface area contributed by atoms with Gasteiger partial charge in [-0.05, 0) is 31.4 Å². The Morgan fingerprint density at radius 1 is 1.50 bits per heavy atom. The number of nitrogens with one attached hydrogen (secondary N) is 1. The van der Waals surface area contributed by atoms with Crippen LogP contribution in [0.3, 0.4) is 0 Å². The van der Waals surface area contributed by atoms with Crippen LogP contribution in [-0.4, -0.2) is 25.8 Å². The van der Waals surface area contributed by atoms with Crippen molar-refractivity contribution in [3.8, 4) is 6.07 Å². The number of amides is 1. The van der Waals surface area contributed by atoms with E-state index in [0.29, 0.717) is 0 Å². The van der Waals surface area contributed by atoms with E-state index in [-0.39, 0.29) is 10.5 Å². The molecule has 0 aliphatic heterocycles. The molecule has 0 bridgehead atoms. The Labute approximate surface area is 110 Å². The standard InChI is InChI=1S/C11H12N2O3S2/c1-8(17-2)11(14)13-18(15,16)10-5-3-4-9(6-10)7-12/h3-6,8H,1-2H3,(H,13,14). The molecule has 0 spiro atoms. The van der Waals surface area contributed by atoms with E-state index in [1.54, 1.807) is 13.2 Å². The fourth-order valence-electron chi connectivity index (χ4n) is 1.11. The quantitative estimate of drug-likeness (QED) is 0.895. The topological polar surface area (TPSA) is 87.0 Å². The molecule has 1 aromatic carbocycles. The number of hydrogen-bond acceptors (Lipinski definition) is 5. The summed E-state index contributed by atoms with van der Waals surface area (Å²) in [7, 11) is -3.91. The highest BCUT2D eigenvalue weighted by molar-refractivity contribution is 8.00. The lowest BCUT2D eigenvalue weighted by Gasteiger charge is -2.10. The molecule has 0 aliphatic carbocycles. The molecule has 5 nitrogen and oxygen atoms in total. The van der Waals surface area contributed by atoms with Crippen LogP contribution in [0.4, 0.5) is 0 Å². The van der Waals surface area contributed by atoms with Crippen LogP contribution < -0.4 is 4.72 Å². The van der Waals surface area contributed by atoms with Crippen molar-refractivity contribution in [2.45, 2.75) is 17.1 Å². The second-order valence-electron chi connectivity index (χ2n) is 3.49. The predicted octanol–water partition coefficient (Wildman–Crippen LogP) is 1.11. The van der Waals surface area contributed by atoms with Crippen LogP contribution in [0.1, 0.15) is 12.5 Å². The van der Waals surface area contributed by atoms with Gasteiger partial charge in [0.1, 0.15) is 0 Å². The Bertz CT molecular complexity index is 591. The third-order valence-corrected chi connectivity index (χ3v) is 4.50. The smallest absolute Gasteiger partial charge is 0.264 e. The zero-order valence-corrected chi connectivity index (χ0v) is 11.5. The summed E-state index contributed by atoms with van der Waals surface area (Å²) in [5, 5.41) is 8.24. The molecular formula is C11H12N2O3S2. The molecular weight excluding hydrogens is 272 g/mol. The second-order valence-corrected chi connectivity index (χ2v) is 6.35. The third-order valence-electron chi connectivity index (χ3n) is 2.23. The molecule has 1 rings (SSSR count). The molecule has 1 aromatic rings. The lowest BCUT2D eigenvalue weighted by atomic mass is 10.2. The summed E-state index contributed by atoms with van der Waals surface area (Å²) in [6.07, 6.45) is 1.72. The van der Waals surface area contributed by atoms with E-state index < -0.39 is 21.2 Å². The molecule has 0 aliphatic rings. The van der Waals surface area contributed by atoms with Gasteiger partial charge in [-0.3, -0.25) is 4.79 Å². The van der Waals surface area contributed by atoms with Crippen molar-refractivity contribution in [1.82, 2.24) is 4.72 Å². The van der Waals surface area contributed by atoms with Crippen molar-refractivity contribution in [3.63, 3.8) is 0 Å². The Morgan fingerprint density at radius 2 is 2.17 bits per heavy atom. The van der Waals surface area contributed by atoms with Gasteiger partial charge in [0.2, 0.25) is 5.91 Å². The average molecular weight is 284 g/mol. The monoisotopic (exact) mass is 284 g/mol. The van der Waals surface area contributed by atoms with Crippen LogP contribution in [0.25, 0.3) is 0 Å². The maximum absolute atomic E-state index is 11.9. The number of carbonyl (C=O) groups is 1. The van der Waals surface area contributed by atoms with Gasteiger partial charge in [-0.1, -0.05) is 6.07 Å². The molecule has 96 valence electrons. The lowest BCUT2D eigenvalue weighted by molar-refractivity contribution is -0.118. The van der Waals surface area contributed by atoms with Crippen LogP contribution >= 0.6 is 11.8 Å². The first-order valence-electron chi connectivity index (χ1n) is 5.00. The van der Waals surface area contributed by atoms with E-state index in [0.717, 1.165) is 0 Å². The minimum atomic E-state index is -3.91. The van der Waals surface area contributed by atoms with Crippen molar-refractivity contribution >= 4 is 27.7 Å². The first-order valence-corrected chi connectivity index (χ1v) is 7.77. The first-order chi connectivity index (χ1) is 8.40. The third kappa shape index (κ3) is 3.48. The van der Waals surface area contributed by atoms with E-state index in [1.165, 1.54) is 36.0 Å². The summed E-state index contributed by atoms with van der Waals surface area (Å²) in [5.74, 6) is -0.579. The maximum atomic E-state index is 11.9. The van der Waals surface area contributed by atoms with Crippen LogP contribution in [0, 0.1) is 11.3 Å². The number of nitrogens with zero attached hydrogens (tertiary/aromatic N) is 1. The Hall–Kier alpha value is -1.52. The highest BCUT2D eigenvalue weighted by Gasteiger charge is 2.21. The van der Waals surface area contributed by atoms with Gasteiger partial charge < -0.3 is 0 Å². The van der Waals surface area contributed by atoms with Gasteiger partial charge in [-0.25, -0.2) is 13.1 Å². The molecule has 1 amide bonds. The van der Waals surface area contributed by atoms with Crippen LogP contribution in [0.5, 0.6) is 0 Å². The van der Waals surface area contributed by atoms with Crippen molar-refractivity contribution in [2.24, 2.45) is 0 Å². The van der Waals surface area contributed by atoms with Gasteiger partial charge in [-0.2, -0.15) is 17.0 Å². The predicted molar refractivity (Wildman–Crippen MR) is 69.5 cm³/mol. The van der Waals surface area contributed by atoms with Crippen LogP contribution in [0.2, 0.25) is 0 Å². The molecule has 0 aromatic heterocycles. The summed E-state index contributed by atoms with van der Waals surface area (Å²) in [4.78, 5) is 11.4. The van der Waals surface area contributed by atoms with Crippen molar-refractivity contribution in [3.05, 3.63) is 29.8 Å². The van der Waals surface area contributed by atoms with Crippen LogP contribution in [0.15, 0.2) is 29.2 Å². The zero-order chi connectivity index (χ0) is 13.8.